The molecule has 3 N–H and O–H groups in total. The number of nitrogens with two attached hydrogens (primary N) is 1. The Morgan fingerprint density at radius 3 is 2.17 bits per heavy atom. The van der Waals surface area contributed by atoms with Crippen molar-refractivity contribution in [2.45, 2.75) is 71.3 Å². The molecule has 0 amide bonds. The SMILES string of the molecule is CCCCCC1(CCCCC)C=CC=C(O)C1N. The van der Waals surface area contributed by atoms with Crippen LogP contribution in [0.25, 0.3) is 0 Å². The quantitative estimate of drug-likeness (QED) is 0.625. The van der Waals surface area contributed by atoms with Gasteiger partial charge in [0.05, 0.1) is 6.04 Å². The zero-order valence-corrected chi connectivity index (χ0v) is 12.0. The normalized spacial score (nSPS) is 21.9. The largest absolute Gasteiger partial charge is 0.511 e. The molecule has 0 bridgehead atoms. The van der Waals surface area contributed by atoms with Crippen LogP contribution in [0.2, 0.25) is 0 Å². The Morgan fingerprint density at radius 2 is 1.67 bits per heavy atom. The first kappa shape index (κ1) is 15.3. The van der Waals surface area contributed by atoms with Crippen LogP contribution in [0.5, 0.6) is 0 Å². The molecule has 104 valence electrons. The van der Waals surface area contributed by atoms with E-state index in [1.165, 1.54) is 38.5 Å². The van der Waals surface area contributed by atoms with E-state index < -0.39 is 0 Å². The first-order valence-corrected chi connectivity index (χ1v) is 7.50. The lowest BCUT2D eigenvalue weighted by atomic mass is 9.70. The van der Waals surface area contributed by atoms with Crippen LogP contribution in [0.15, 0.2) is 24.0 Å². The van der Waals surface area contributed by atoms with Gasteiger partial charge in [0.2, 0.25) is 0 Å². The standard InChI is InChI=1S/C16H29NO/c1-3-5-7-11-16(12-8-6-4-2)13-9-10-14(18)15(16)17/h9-10,13,15,18H,3-8,11-12,17H2,1-2H3. The van der Waals surface area contributed by atoms with Crippen molar-refractivity contribution in [3.05, 3.63) is 24.0 Å². The van der Waals surface area contributed by atoms with E-state index in [-0.39, 0.29) is 11.5 Å². The predicted octanol–water partition coefficient (Wildman–Crippen LogP) is 4.47. The summed E-state index contributed by atoms with van der Waals surface area (Å²) >= 11 is 0. The highest BCUT2D eigenvalue weighted by Crippen LogP contribution is 2.40. The van der Waals surface area contributed by atoms with Crippen molar-refractivity contribution in [2.75, 3.05) is 0 Å². The monoisotopic (exact) mass is 251 g/mol. The molecule has 2 heteroatoms. The second kappa shape index (κ2) is 7.63. The van der Waals surface area contributed by atoms with E-state index in [0.29, 0.717) is 5.76 Å². The minimum Gasteiger partial charge on any atom is -0.511 e. The number of hydrogen-bond donors (Lipinski definition) is 2. The molecule has 0 spiro atoms. The van der Waals surface area contributed by atoms with E-state index >= 15 is 0 Å². The Kier molecular flexibility index (Phi) is 6.48. The van der Waals surface area contributed by atoms with Crippen LogP contribution >= 0.6 is 0 Å². The third-order valence-electron chi connectivity index (χ3n) is 4.12. The van der Waals surface area contributed by atoms with Crippen LogP contribution in [0.3, 0.4) is 0 Å². The van der Waals surface area contributed by atoms with Gasteiger partial charge in [-0.25, -0.2) is 0 Å². The molecule has 0 saturated heterocycles. The molecule has 2 nitrogen and oxygen atoms in total. The maximum absolute atomic E-state index is 9.91. The lowest BCUT2D eigenvalue weighted by molar-refractivity contribution is 0.209. The highest BCUT2D eigenvalue weighted by Gasteiger charge is 2.36. The number of aliphatic hydroxyl groups excluding tert-OH is 1. The Bertz CT molecular complexity index is 283. The summed E-state index contributed by atoms with van der Waals surface area (Å²) < 4.78 is 0. The van der Waals surface area contributed by atoms with Gasteiger partial charge in [-0.05, 0) is 18.9 Å². The smallest absolute Gasteiger partial charge is 0.110 e. The van der Waals surface area contributed by atoms with E-state index in [9.17, 15) is 5.11 Å². The predicted molar refractivity (Wildman–Crippen MR) is 78.5 cm³/mol. The maximum Gasteiger partial charge on any atom is 0.110 e. The fraction of sp³-hybridized carbons (Fsp3) is 0.750. The van der Waals surface area contributed by atoms with Gasteiger partial charge in [0.25, 0.3) is 0 Å². The van der Waals surface area contributed by atoms with Crippen LogP contribution in [0.4, 0.5) is 0 Å². The second-order valence-electron chi connectivity index (χ2n) is 5.58. The molecule has 0 heterocycles. The average Bonchev–Trinajstić information content (AvgIpc) is 2.36. The Hall–Kier alpha value is -0.760. The highest BCUT2D eigenvalue weighted by molar-refractivity contribution is 5.26. The fourth-order valence-electron chi connectivity index (χ4n) is 2.85. The summed E-state index contributed by atoms with van der Waals surface area (Å²) in [4.78, 5) is 0. The molecule has 18 heavy (non-hydrogen) atoms. The average molecular weight is 251 g/mol. The summed E-state index contributed by atoms with van der Waals surface area (Å²) in [7, 11) is 0. The Labute approximate surface area is 112 Å². The van der Waals surface area contributed by atoms with Gasteiger partial charge in [0.15, 0.2) is 0 Å². The molecule has 1 unspecified atom stereocenters. The summed E-state index contributed by atoms with van der Waals surface area (Å²) in [5.74, 6) is 0.352. The summed E-state index contributed by atoms with van der Waals surface area (Å²) in [6, 6.07) is -0.212. The van der Waals surface area contributed by atoms with Gasteiger partial charge >= 0.3 is 0 Å². The number of allylic oxidation sites excluding steroid dienone is 2. The van der Waals surface area contributed by atoms with Crippen LogP contribution in [0, 0.1) is 5.41 Å². The molecule has 1 aliphatic carbocycles. The lowest BCUT2D eigenvalue weighted by Crippen LogP contribution is -2.43. The first-order chi connectivity index (χ1) is 8.66. The summed E-state index contributed by atoms with van der Waals surface area (Å²) in [5.41, 5.74) is 6.24. The zero-order valence-electron chi connectivity index (χ0n) is 12.0. The van der Waals surface area contributed by atoms with Crippen molar-refractivity contribution in [2.24, 2.45) is 11.1 Å². The van der Waals surface area contributed by atoms with Crippen LogP contribution in [-0.2, 0) is 0 Å². The molecule has 0 aromatic carbocycles. The van der Waals surface area contributed by atoms with Crippen molar-refractivity contribution >= 4 is 0 Å². The van der Waals surface area contributed by atoms with Gasteiger partial charge in [0, 0.05) is 5.41 Å². The molecule has 0 saturated carbocycles. The van der Waals surface area contributed by atoms with E-state index in [1.807, 2.05) is 6.08 Å². The van der Waals surface area contributed by atoms with Gasteiger partial charge < -0.3 is 10.8 Å². The highest BCUT2D eigenvalue weighted by atomic mass is 16.3. The van der Waals surface area contributed by atoms with E-state index in [4.69, 9.17) is 5.73 Å². The van der Waals surface area contributed by atoms with Crippen molar-refractivity contribution in [3.63, 3.8) is 0 Å². The van der Waals surface area contributed by atoms with Crippen LogP contribution in [0.1, 0.15) is 65.2 Å². The summed E-state index contributed by atoms with van der Waals surface area (Å²) in [6.45, 7) is 4.44. The molecule has 0 aromatic heterocycles. The molecule has 0 aromatic rings. The summed E-state index contributed by atoms with van der Waals surface area (Å²) in [5, 5.41) is 9.91. The third kappa shape index (κ3) is 3.88. The first-order valence-electron chi connectivity index (χ1n) is 7.50. The van der Waals surface area contributed by atoms with Crippen molar-refractivity contribution in [1.82, 2.24) is 0 Å². The topological polar surface area (TPSA) is 46.2 Å². The van der Waals surface area contributed by atoms with Crippen molar-refractivity contribution in [1.29, 1.82) is 0 Å². The zero-order chi connectivity index (χ0) is 13.4. The Morgan fingerprint density at radius 1 is 1.11 bits per heavy atom. The molecule has 0 radical (unpaired) electrons. The third-order valence-corrected chi connectivity index (χ3v) is 4.12. The second-order valence-corrected chi connectivity index (χ2v) is 5.58. The lowest BCUT2D eigenvalue weighted by Gasteiger charge is -2.38. The fourth-order valence-corrected chi connectivity index (χ4v) is 2.85. The minimum atomic E-state index is -0.212. The van der Waals surface area contributed by atoms with Gasteiger partial charge in [-0.2, -0.15) is 0 Å². The Balaban J connectivity index is 2.67. The van der Waals surface area contributed by atoms with Crippen molar-refractivity contribution < 1.29 is 5.11 Å². The molecule has 0 aliphatic heterocycles. The van der Waals surface area contributed by atoms with Gasteiger partial charge in [-0.15, -0.1) is 0 Å². The minimum absolute atomic E-state index is 0.0107. The molecule has 1 rings (SSSR count). The molecular formula is C16H29NO. The molecule has 1 aliphatic rings. The maximum atomic E-state index is 9.91. The van der Waals surface area contributed by atoms with Crippen molar-refractivity contribution in [3.8, 4) is 0 Å². The van der Waals surface area contributed by atoms with E-state index in [2.05, 4.69) is 19.9 Å². The number of unbranched alkanes of at least 4 members (excludes halogenated alkanes) is 4. The summed E-state index contributed by atoms with van der Waals surface area (Å²) in [6.07, 6.45) is 15.5. The number of aliphatic hydroxyl groups is 1. The van der Waals surface area contributed by atoms with Crippen LogP contribution < -0.4 is 5.73 Å². The van der Waals surface area contributed by atoms with Gasteiger partial charge in [-0.1, -0.05) is 64.5 Å². The number of hydrogen-bond acceptors (Lipinski definition) is 2. The van der Waals surface area contributed by atoms with Crippen LogP contribution in [-0.4, -0.2) is 11.1 Å². The van der Waals surface area contributed by atoms with Gasteiger partial charge in [-0.3, -0.25) is 0 Å². The molecule has 1 atom stereocenters. The number of rotatable bonds is 8. The molecule has 0 fully saturated rings. The molecular weight excluding hydrogens is 222 g/mol. The van der Waals surface area contributed by atoms with E-state index in [0.717, 1.165) is 12.8 Å². The van der Waals surface area contributed by atoms with E-state index in [1.54, 1.807) is 6.08 Å². The van der Waals surface area contributed by atoms with Gasteiger partial charge in [0.1, 0.15) is 5.76 Å².